The molecule has 3 rings (SSSR count). The van der Waals surface area contributed by atoms with Crippen LogP contribution in [0, 0.1) is 10.1 Å². The van der Waals surface area contributed by atoms with Crippen LogP contribution in [0.5, 0.6) is 0 Å². The summed E-state index contributed by atoms with van der Waals surface area (Å²) in [6, 6.07) is 14.2. The highest BCUT2D eigenvalue weighted by molar-refractivity contribution is 5.86. The van der Waals surface area contributed by atoms with Gasteiger partial charge in [-0.2, -0.15) is 0 Å². The molecule has 0 radical (unpaired) electrons. The fourth-order valence-corrected chi connectivity index (χ4v) is 3.17. The first-order valence-corrected chi connectivity index (χ1v) is 8.66. The van der Waals surface area contributed by atoms with Gasteiger partial charge in [0, 0.05) is 55.2 Å². The molecule has 7 nitrogen and oxygen atoms in total. The van der Waals surface area contributed by atoms with Crippen molar-refractivity contribution in [3.05, 3.63) is 76.0 Å². The van der Waals surface area contributed by atoms with Gasteiger partial charge in [0.2, 0.25) is 5.91 Å². The van der Waals surface area contributed by atoms with Crippen LogP contribution in [0.4, 0.5) is 5.69 Å². The Morgan fingerprint density at radius 2 is 1.96 bits per heavy atom. The number of nitro groups is 1. The van der Waals surface area contributed by atoms with Crippen molar-refractivity contribution in [2.45, 2.75) is 12.3 Å². The summed E-state index contributed by atoms with van der Waals surface area (Å²) in [6.07, 6.45) is 2.14. The number of amides is 1. The third kappa shape index (κ3) is 4.32. The van der Waals surface area contributed by atoms with Crippen LogP contribution in [0.15, 0.2) is 54.7 Å². The number of para-hydroxylation sites is 1. The van der Waals surface area contributed by atoms with Crippen molar-refractivity contribution < 1.29 is 14.5 Å². The molecule has 27 heavy (non-hydrogen) atoms. The third-order valence-electron chi connectivity index (χ3n) is 4.52. The topological polar surface area (TPSA) is 97.3 Å². The van der Waals surface area contributed by atoms with Crippen molar-refractivity contribution in [3.8, 4) is 0 Å². The van der Waals surface area contributed by atoms with Gasteiger partial charge in [0.15, 0.2) is 0 Å². The summed E-state index contributed by atoms with van der Waals surface area (Å²) in [5.41, 5.74) is 2.86. The van der Waals surface area contributed by atoms with Crippen LogP contribution in [0.25, 0.3) is 10.9 Å². The summed E-state index contributed by atoms with van der Waals surface area (Å²) in [6.45, 7) is 0.886. The molecule has 1 amide bonds. The first-order chi connectivity index (χ1) is 13.1. The summed E-state index contributed by atoms with van der Waals surface area (Å²) in [4.78, 5) is 26.2. The van der Waals surface area contributed by atoms with E-state index in [1.165, 1.54) is 12.1 Å². The number of aromatic nitrogens is 1. The lowest BCUT2D eigenvalue weighted by Gasteiger charge is -2.17. The van der Waals surface area contributed by atoms with Crippen LogP contribution < -0.4 is 5.32 Å². The Morgan fingerprint density at radius 1 is 1.22 bits per heavy atom. The average molecular weight is 367 g/mol. The number of carbonyl (C=O) groups is 1. The molecule has 0 spiro atoms. The Bertz CT molecular complexity index is 934. The molecule has 1 atom stereocenters. The Labute approximate surface area is 156 Å². The minimum atomic E-state index is -0.429. The molecule has 140 valence electrons. The molecule has 0 aliphatic carbocycles. The standard InChI is InChI=1S/C20H21N3O4/c1-27-11-10-21-20(24)12-17(14-6-8-15(9-7-14)23(25)26)18-13-22-19-5-3-2-4-16(18)19/h2-9,13,17,22H,10-12H2,1H3,(H,21,24)/t17-/m1/s1. The van der Waals surface area contributed by atoms with Crippen LogP contribution >= 0.6 is 0 Å². The molecule has 0 unspecified atom stereocenters. The predicted octanol–water partition coefficient (Wildman–Crippen LogP) is 3.36. The maximum absolute atomic E-state index is 12.4. The average Bonchev–Trinajstić information content (AvgIpc) is 3.10. The molecule has 3 aromatic rings. The van der Waals surface area contributed by atoms with Crippen LogP contribution in [-0.2, 0) is 9.53 Å². The number of hydrogen-bond donors (Lipinski definition) is 2. The van der Waals surface area contributed by atoms with E-state index in [0.29, 0.717) is 13.2 Å². The molecule has 0 aliphatic heterocycles. The van der Waals surface area contributed by atoms with Crippen molar-refractivity contribution in [2.24, 2.45) is 0 Å². The van der Waals surface area contributed by atoms with Gasteiger partial charge in [-0.1, -0.05) is 30.3 Å². The summed E-state index contributed by atoms with van der Waals surface area (Å²) in [7, 11) is 1.58. The first-order valence-electron chi connectivity index (χ1n) is 8.66. The minimum absolute atomic E-state index is 0.0287. The molecule has 7 heteroatoms. The highest BCUT2D eigenvalue weighted by Crippen LogP contribution is 2.34. The van der Waals surface area contributed by atoms with E-state index < -0.39 is 4.92 Å². The molecule has 2 N–H and O–H groups in total. The van der Waals surface area contributed by atoms with E-state index in [1.807, 2.05) is 30.5 Å². The highest BCUT2D eigenvalue weighted by Gasteiger charge is 2.22. The van der Waals surface area contributed by atoms with Gasteiger partial charge in [-0.25, -0.2) is 0 Å². The zero-order valence-electron chi connectivity index (χ0n) is 15.0. The Balaban J connectivity index is 1.93. The summed E-state index contributed by atoms with van der Waals surface area (Å²) < 4.78 is 4.96. The molecule has 1 aromatic heterocycles. The number of H-pyrrole nitrogens is 1. The van der Waals surface area contributed by atoms with Gasteiger partial charge in [-0.05, 0) is 17.2 Å². The summed E-state index contributed by atoms with van der Waals surface area (Å²) in [5, 5.41) is 14.8. The second kappa shape index (κ2) is 8.46. The fourth-order valence-electron chi connectivity index (χ4n) is 3.17. The van der Waals surface area contributed by atoms with E-state index in [-0.39, 0.29) is 23.9 Å². The second-order valence-electron chi connectivity index (χ2n) is 6.24. The largest absolute Gasteiger partial charge is 0.383 e. The molecule has 1 heterocycles. The quantitative estimate of drug-likeness (QED) is 0.362. The van der Waals surface area contributed by atoms with Crippen molar-refractivity contribution >= 4 is 22.5 Å². The van der Waals surface area contributed by atoms with E-state index in [9.17, 15) is 14.9 Å². The van der Waals surface area contributed by atoms with Gasteiger partial charge in [-0.15, -0.1) is 0 Å². The number of nitrogens with zero attached hydrogens (tertiary/aromatic N) is 1. The van der Waals surface area contributed by atoms with Gasteiger partial charge in [-0.3, -0.25) is 14.9 Å². The molecule has 0 saturated heterocycles. The van der Waals surface area contributed by atoms with E-state index in [4.69, 9.17) is 4.74 Å². The highest BCUT2D eigenvalue weighted by atomic mass is 16.6. The van der Waals surface area contributed by atoms with Crippen molar-refractivity contribution in [3.63, 3.8) is 0 Å². The normalized spacial score (nSPS) is 12.0. The van der Waals surface area contributed by atoms with Crippen molar-refractivity contribution in [2.75, 3.05) is 20.3 Å². The number of rotatable bonds is 8. The summed E-state index contributed by atoms with van der Waals surface area (Å²) in [5.74, 6) is -0.315. The van der Waals surface area contributed by atoms with Crippen LogP contribution in [0.3, 0.4) is 0 Å². The van der Waals surface area contributed by atoms with Gasteiger partial charge in [0.1, 0.15) is 0 Å². The fraction of sp³-hybridized carbons (Fsp3) is 0.250. The smallest absolute Gasteiger partial charge is 0.269 e. The van der Waals surface area contributed by atoms with Gasteiger partial charge in [0.05, 0.1) is 11.5 Å². The van der Waals surface area contributed by atoms with E-state index >= 15 is 0 Å². The summed E-state index contributed by atoms with van der Waals surface area (Å²) >= 11 is 0. The third-order valence-corrected chi connectivity index (χ3v) is 4.52. The molecule has 0 bridgehead atoms. The lowest BCUT2D eigenvalue weighted by molar-refractivity contribution is -0.384. The van der Waals surface area contributed by atoms with Crippen LogP contribution in [0.2, 0.25) is 0 Å². The number of aromatic amines is 1. The molecule has 0 aliphatic rings. The second-order valence-corrected chi connectivity index (χ2v) is 6.24. The van der Waals surface area contributed by atoms with Crippen molar-refractivity contribution in [1.82, 2.24) is 10.3 Å². The SMILES string of the molecule is COCCNC(=O)C[C@H](c1ccc([N+](=O)[O-])cc1)c1c[nH]c2ccccc12. The van der Waals surface area contributed by atoms with E-state index in [1.54, 1.807) is 19.2 Å². The molecule has 0 saturated carbocycles. The molecule has 0 fully saturated rings. The number of nitrogens with one attached hydrogen (secondary N) is 2. The number of non-ortho nitro benzene ring substituents is 1. The van der Waals surface area contributed by atoms with Crippen LogP contribution in [-0.4, -0.2) is 36.1 Å². The monoisotopic (exact) mass is 367 g/mol. The number of fused-ring (bicyclic) bond motifs is 1. The number of nitro benzene ring substituents is 1. The number of methoxy groups -OCH3 is 1. The lowest BCUT2D eigenvalue weighted by Crippen LogP contribution is -2.28. The Hall–Kier alpha value is -3.19. The first kappa shape index (κ1) is 18.6. The predicted molar refractivity (Wildman–Crippen MR) is 103 cm³/mol. The molecular weight excluding hydrogens is 346 g/mol. The minimum Gasteiger partial charge on any atom is -0.383 e. The number of hydrogen-bond acceptors (Lipinski definition) is 4. The van der Waals surface area contributed by atoms with E-state index in [0.717, 1.165) is 22.0 Å². The Morgan fingerprint density at radius 3 is 2.67 bits per heavy atom. The molecular formula is C20H21N3O4. The zero-order valence-corrected chi connectivity index (χ0v) is 15.0. The van der Waals surface area contributed by atoms with Crippen molar-refractivity contribution in [1.29, 1.82) is 0 Å². The number of ether oxygens (including phenoxy) is 1. The van der Waals surface area contributed by atoms with Crippen LogP contribution in [0.1, 0.15) is 23.5 Å². The molecule has 2 aromatic carbocycles. The van der Waals surface area contributed by atoms with Gasteiger partial charge < -0.3 is 15.0 Å². The Kier molecular flexibility index (Phi) is 5.83. The van der Waals surface area contributed by atoms with E-state index in [2.05, 4.69) is 10.3 Å². The number of carbonyl (C=O) groups excluding carboxylic acids is 1. The van der Waals surface area contributed by atoms with Gasteiger partial charge >= 0.3 is 0 Å². The zero-order chi connectivity index (χ0) is 19.2. The maximum atomic E-state index is 12.4. The van der Waals surface area contributed by atoms with Gasteiger partial charge in [0.25, 0.3) is 5.69 Å². The lowest BCUT2D eigenvalue weighted by atomic mass is 9.88. The number of benzene rings is 2. The maximum Gasteiger partial charge on any atom is 0.269 e.